The van der Waals surface area contributed by atoms with Gasteiger partial charge in [0.15, 0.2) is 0 Å². The van der Waals surface area contributed by atoms with Gasteiger partial charge >= 0.3 is 0 Å². The van der Waals surface area contributed by atoms with Gasteiger partial charge < -0.3 is 15.1 Å². The molecule has 9 heteroatoms. The highest BCUT2D eigenvalue weighted by Gasteiger charge is 2.25. The van der Waals surface area contributed by atoms with Crippen molar-refractivity contribution in [1.29, 1.82) is 5.26 Å². The van der Waals surface area contributed by atoms with Gasteiger partial charge in [-0.15, -0.1) is 0 Å². The molecule has 1 aliphatic heterocycles. The molecule has 0 bridgehead atoms. The van der Waals surface area contributed by atoms with Crippen LogP contribution in [0.25, 0.3) is 0 Å². The highest BCUT2D eigenvalue weighted by Crippen LogP contribution is 2.31. The summed E-state index contributed by atoms with van der Waals surface area (Å²) in [6.45, 7) is 10.8. The number of anilines is 2. The molecule has 2 aromatic rings. The minimum atomic E-state index is -3.67. The first-order valence-corrected chi connectivity index (χ1v) is 12.7. The van der Waals surface area contributed by atoms with Crippen LogP contribution in [-0.4, -0.2) is 69.3 Å². The number of amides is 1. The Bertz CT molecular complexity index is 1110. The van der Waals surface area contributed by atoms with Crippen molar-refractivity contribution in [2.75, 3.05) is 56.0 Å². The highest BCUT2D eigenvalue weighted by molar-refractivity contribution is 7.89. The van der Waals surface area contributed by atoms with Crippen LogP contribution in [0.4, 0.5) is 11.4 Å². The van der Waals surface area contributed by atoms with Crippen molar-refractivity contribution in [2.45, 2.75) is 25.7 Å². The number of nitriles is 1. The Hall–Kier alpha value is -2.93. The summed E-state index contributed by atoms with van der Waals surface area (Å²) in [5, 5.41) is 11.9. The third kappa shape index (κ3) is 5.53. The number of benzene rings is 2. The van der Waals surface area contributed by atoms with E-state index in [9.17, 15) is 13.2 Å². The second kappa shape index (κ2) is 10.8. The van der Waals surface area contributed by atoms with Crippen LogP contribution in [0.5, 0.6) is 0 Å². The average molecular weight is 470 g/mol. The van der Waals surface area contributed by atoms with Gasteiger partial charge in [0.25, 0.3) is 5.91 Å². The molecule has 1 N–H and O–H groups in total. The molecule has 1 saturated heterocycles. The van der Waals surface area contributed by atoms with Gasteiger partial charge in [-0.3, -0.25) is 4.79 Å². The summed E-state index contributed by atoms with van der Waals surface area (Å²) < 4.78 is 27.6. The van der Waals surface area contributed by atoms with E-state index in [0.29, 0.717) is 29.9 Å². The highest BCUT2D eigenvalue weighted by atomic mass is 32.2. The Labute approximate surface area is 196 Å². The summed E-state index contributed by atoms with van der Waals surface area (Å²) in [7, 11) is -3.67. The van der Waals surface area contributed by atoms with E-state index in [1.54, 1.807) is 56.3 Å². The topological polar surface area (TPSA) is 96.8 Å². The zero-order chi connectivity index (χ0) is 24.0. The third-order valence-electron chi connectivity index (χ3n) is 6.00. The SMILES string of the molecule is CCN1CCN(c2ccc(S(=O)(=O)N(CC)CC)cc2NC(=O)c2ccc(C#N)cc2)CC1. The predicted molar refractivity (Wildman–Crippen MR) is 130 cm³/mol. The molecule has 0 unspecified atom stereocenters. The van der Waals surface area contributed by atoms with Gasteiger partial charge in [-0.25, -0.2) is 8.42 Å². The van der Waals surface area contributed by atoms with Gasteiger partial charge in [-0.1, -0.05) is 20.8 Å². The van der Waals surface area contributed by atoms with Gasteiger partial charge in [0.2, 0.25) is 10.0 Å². The molecule has 0 spiro atoms. The maximum Gasteiger partial charge on any atom is 0.255 e. The molecule has 33 heavy (non-hydrogen) atoms. The molecule has 0 radical (unpaired) electrons. The number of carbonyl (C=O) groups is 1. The average Bonchev–Trinajstić information content (AvgIpc) is 2.84. The van der Waals surface area contributed by atoms with Crippen LogP contribution in [0.1, 0.15) is 36.7 Å². The van der Waals surface area contributed by atoms with Crippen LogP contribution in [0.2, 0.25) is 0 Å². The van der Waals surface area contributed by atoms with Crippen LogP contribution in [-0.2, 0) is 10.0 Å². The number of piperazine rings is 1. The number of hydrogen-bond acceptors (Lipinski definition) is 6. The lowest BCUT2D eigenvalue weighted by Gasteiger charge is -2.36. The van der Waals surface area contributed by atoms with E-state index >= 15 is 0 Å². The van der Waals surface area contributed by atoms with Crippen LogP contribution in [0, 0.1) is 11.3 Å². The number of hydrogen-bond donors (Lipinski definition) is 1. The maximum atomic E-state index is 13.1. The van der Waals surface area contributed by atoms with Gasteiger partial charge in [0.05, 0.1) is 27.9 Å². The first-order valence-electron chi connectivity index (χ1n) is 11.3. The van der Waals surface area contributed by atoms with E-state index < -0.39 is 10.0 Å². The Balaban J connectivity index is 1.97. The molecule has 0 saturated carbocycles. The minimum Gasteiger partial charge on any atom is -0.367 e. The third-order valence-corrected chi connectivity index (χ3v) is 8.04. The molecule has 0 atom stereocenters. The van der Waals surface area contributed by atoms with Crippen molar-refractivity contribution in [3.63, 3.8) is 0 Å². The molecule has 0 aromatic heterocycles. The van der Waals surface area contributed by atoms with Crippen LogP contribution < -0.4 is 10.2 Å². The van der Waals surface area contributed by atoms with E-state index in [0.717, 1.165) is 38.4 Å². The predicted octanol–water partition coefficient (Wildman–Crippen LogP) is 2.98. The van der Waals surface area contributed by atoms with Gasteiger partial charge in [0, 0.05) is 44.8 Å². The first kappa shape index (κ1) is 24.7. The second-order valence-electron chi connectivity index (χ2n) is 7.83. The first-order chi connectivity index (χ1) is 15.8. The summed E-state index contributed by atoms with van der Waals surface area (Å²) in [5.74, 6) is -0.356. The molecule has 3 rings (SSSR count). The lowest BCUT2D eigenvalue weighted by atomic mass is 10.1. The molecule has 2 aromatic carbocycles. The molecule has 1 amide bonds. The summed E-state index contributed by atoms with van der Waals surface area (Å²) in [5.41, 5.74) is 2.12. The summed E-state index contributed by atoms with van der Waals surface area (Å²) in [6, 6.07) is 13.3. The van der Waals surface area contributed by atoms with Crippen molar-refractivity contribution < 1.29 is 13.2 Å². The summed E-state index contributed by atoms with van der Waals surface area (Å²) >= 11 is 0. The normalized spacial score (nSPS) is 14.8. The Morgan fingerprint density at radius 2 is 1.67 bits per heavy atom. The van der Waals surface area contributed by atoms with E-state index in [-0.39, 0.29) is 10.8 Å². The van der Waals surface area contributed by atoms with Crippen LogP contribution >= 0.6 is 0 Å². The lowest BCUT2D eigenvalue weighted by Crippen LogP contribution is -2.46. The minimum absolute atomic E-state index is 0.150. The Kier molecular flexibility index (Phi) is 8.08. The summed E-state index contributed by atoms with van der Waals surface area (Å²) in [4.78, 5) is 17.7. The molecular weight excluding hydrogens is 438 g/mol. The number of sulfonamides is 1. The van der Waals surface area contributed by atoms with Crippen molar-refractivity contribution >= 4 is 27.3 Å². The summed E-state index contributed by atoms with van der Waals surface area (Å²) in [6.07, 6.45) is 0. The fraction of sp³-hybridized carbons (Fsp3) is 0.417. The van der Waals surface area contributed by atoms with Crippen LogP contribution in [0.3, 0.4) is 0 Å². The number of likely N-dealkylation sites (N-methyl/N-ethyl adjacent to an activating group) is 1. The smallest absolute Gasteiger partial charge is 0.255 e. The zero-order valence-corrected chi connectivity index (χ0v) is 20.2. The quantitative estimate of drug-likeness (QED) is 0.638. The van der Waals surface area contributed by atoms with E-state index in [1.807, 2.05) is 6.07 Å². The molecule has 176 valence electrons. The zero-order valence-electron chi connectivity index (χ0n) is 19.4. The molecule has 0 aliphatic carbocycles. The lowest BCUT2D eigenvalue weighted by molar-refractivity contribution is 0.102. The van der Waals surface area contributed by atoms with Crippen LogP contribution in [0.15, 0.2) is 47.4 Å². The van der Waals surface area contributed by atoms with E-state index in [2.05, 4.69) is 22.0 Å². The Morgan fingerprint density at radius 1 is 1.03 bits per heavy atom. The van der Waals surface area contributed by atoms with E-state index in [4.69, 9.17) is 5.26 Å². The number of carbonyl (C=O) groups excluding carboxylic acids is 1. The van der Waals surface area contributed by atoms with Crippen molar-refractivity contribution in [3.8, 4) is 6.07 Å². The molecule has 1 aliphatic rings. The maximum absolute atomic E-state index is 13.1. The standard InChI is InChI=1S/C24H31N5O3S/c1-4-27-13-15-28(16-14-27)23-12-11-21(33(31,32)29(5-2)6-3)17-22(23)26-24(30)20-9-7-19(18-25)8-10-20/h7-12,17H,4-6,13-16H2,1-3H3,(H,26,30). The van der Waals surface area contributed by atoms with Gasteiger partial charge in [-0.2, -0.15) is 9.57 Å². The van der Waals surface area contributed by atoms with Crippen molar-refractivity contribution in [3.05, 3.63) is 53.6 Å². The molecule has 1 heterocycles. The van der Waals surface area contributed by atoms with E-state index in [1.165, 1.54) is 4.31 Å². The number of nitrogens with zero attached hydrogens (tertiary/aromatic N) is 4. The fourth-order valence-corrected chi connectivity index (χ4v) is 5.44. The number of rotatable bonds is 8. The molecule has 8 nitrogen and oxygen atoms in total. The van der Waals surface area contributed by atoms with Crippen molar-refractivity contribution in [2.24, 2.45) is 0 Å². The second-order valence-corrected chi connectivity index (χ2v) is 9.77. The molecule has 1 fully saturated rings. The number of nitrogens with one attached hydrogen (secondary N) is 1. The largest absolute Gasteiger partial charge is 0.367 e. The van der Waals surface area contributed by atoms with Gasteiger partial charge in [-0.05, 0) is 49.0 Å². The van der Waals surface area contributed by atoms with Crippen molar-refractivity contribution in [1.82, 2.24) is 9.21 Å². The molecular formula is C24H31N5O3S. The fourth-order valence-electron chi connectivity index (χ4n) is 3.96. The Morgan fingerprint density at radius 3 is 2.21 bits per heavy atom. The van der Waals surface area contributed by atoms with Gasteiger partial charge in [0.1, 0.15) is 0 Å². The monoisotopic (exact) mass is 469 g/mol.